The summed E-state index contributed by atoms with van der Waals surface area (Å²) >= 11 is 1.65. The van der Waals surface area contributed by atoms with Crippen molar-refractivity contribution in [2.75, 3.05) is 11.9 Å². The minimum absolute atomic E-state index is 0.836. The summed E-state index contributed by atoms with van der Waals surface area (Å²) in [7, 11) is 0. The molecule has 0 aliphatic carbocycles. The maximum atomic E-state index is 4.53. The van der Waals surface area contributed by atoms with Crippen LogP contribution < -0.4 is 5.32 Å². The number of thioether (sulfide) groups is 1. The molecule has 0 amide bonds. The molecule has 0 radical (unpaired) electrons. The van der Waals surface area contributed by atoms with Gasteiger partial charge in [0, 0.05) is 29.9 Å². The Bertz CT molecular complexity index is 573. The van der Waals surface area contributed by atoms with E-state index in [2.05, 4.69) is 40.2 Å². The van der Waals surface area contributed by atoms with Gasteiger partial charge in [-0.15, -0.1) is 0 Å². The lowest BCUT2D eigenvalue weighted by atomic mass is 10.2. The zero-order chi connectivity index (χ0) is 15.2. The lowest BCUT2D eigenvalue weighted by molar-refractivity contribution is 0.880. The summed E-state index contributed by atoms with van der Waals surface area (Å²) in [6.07, 6.45) is 3.02. The predicted octanol–water partition coefficient (Wildman–Crippen LogP) is 3.91. The number of aryl methyl sites for hydroxylation is 2. The van der Waals surface area contributed by atoms with E-state index in [-0.39, 0.29) is 0 Å². The average Bonchev–Trinajstić information content (AvgIpc) is 2.49. The minimum atomic E-state index is 0.836. The van der Waals surface area contributed by atoms with Crippen LogP contribution in [0.1, 0.15) is 35.9 Å². The second kappa shape index (κ2) is 7.41. The molecule has 112 valence electrons. The van der Waals surface area contributed by atoms with Crippen LogP contribution in [0.4, 0.5) is 5.82 Å². The van der Waals surface area contributed by atoms with Crippen molar-refractivity contribution in [2.24, 2.45) is 0 Å². The molecule has 5 heteroatoms. The highest BCUT2D eigenvalue weighted by Crippen LogP contribution is 2.21. The van der Waals surface area contributed by atoms with Gasteiger partial charge in [-0.05, 0) is 44.4 Å². The fourth-order valence-corrected chi connectivity index (χ4v) is 2.69. The number of rotatable bonds is 6. The molecule has 0 atom stereocenters. The zero-order valence-electron chi connectivity index (χ0n) is 13.1. The first-order valence-corrected chi connectivity index (χ1v) is 8.22. The van der Waals surface area contributed by atoms with E-state index in [9.17, 15) is 0 Å². The van der Waals surface area contributed by atoms with Crippen LogP contribution in [0, 0.1) is 20.8 Å². The standard InChI is InChI=1S/C16H22N4S/c1-5-8-17-15-7-6-14(9-18-15)10-21-16-19-12(3)11(2)13(4)20-16/h6-7,9H,5,8,10H2,1-4H3,(H,17,18). The van der Waals surface area contributed by atoms with Gasteiger partial charge in [-0.3, -0.25) is 0 Å². The highest BCUT2D eigenvalue weighted by molar-refractivity contribution is 7.98. The Kier molecular flexibility index (Phi) is 5.56. The maximum Gasteiger partial charge on any atom is 0.188 e. The Hall–Kier alpha value is -1.62. The van der Waals surface area contributed by atoms with E-state index in [1.807, 2.05) is 26.1 Å². The molecule has 2 aromatic heterocycles. The van der Waals surface area contributed by atoms with Gasteiger partial charge in [0.15, 0.2) is 5.16 Å². The van der Waals surface area contributed by atoms with E-state index >= 15 is 0 Å². The Morgan fingerprint density at radius 2 is 1.81 bits per heavy atom. The third kappa shape index (κ3) is 4.43. The molecule has 0 unspecified atom stereocenters. The first kappa shape index (κ1) is 15.8. The van der Waals surface area contributed by atoms with Crippen LogP contribution in [-0.2, 0) is 5.75 Å². The lowest BCUT2D eigenvalue weighted by Crippen LogP contribution is -2.01. The van der Waals surface area contributed by atoms with Gasteiger partial charge >= 0.3 is 0 Å². The van der Waals surface area contributed by atoms with Crippen LogP contribution in [-0.4, -0.2) is 21.5 Å². The molecule has 0 aliphatic rings. The zero-order valence-corrected chi connectivity index (χ0v) is 13.9. The molecule has 0 spiro atoms. The molecule has 2 rings (SSSR count). The molecular weight excluding hydrogens is 280 g/mol. The molecule has 4 nitrogen and oxygen atoms in total. The van der Waals surface area contributed by atoms with Gasteiger partial charge in [-0.25, -0.2) is 15.0 Å². The van der Waals surface area contributed by atoms with Crippen molar-refractivity contribution in [3.05, 3.63) is 40.8 Å². The third-order valence-electron chi connectivity index (χ3n) is 3.36. The molecule has 0 aliphatic heterocycles. The van der Waals surface area contributed by atoms with Crippen molar-refractivity contribution in [3.8, 4) is 0 Å². The molecule has 0 aromatic carbocycles. The van der Waals surface area contributed by atoms with Gasteiger partial charge < -0.3 is 5.32 Å². The molecule has 0 bridgehead atoms. The summed E-state index contributed by atoms with van der Waals surface area (Å²) < 4.78 is 0. The number of pyridine rings is 1. The molecular formula is C16H22N4S. The van der Waals surface area contributed by atoms with Gasteiger partial charge in [0.05, 0.1) is 0 Å². The van der Waals surface area contributed by atoms with Crippen molar-refractivity contribution in [1.82, 2.24) is 15.0 Å². The summed E-state index contributed by atoms with van der Waals surface area (Å²) in [5, 5.41) is 4.11. The summed E-state index contributed by atoms with van der Waals surface area (Å²) in [5.74, 6) is 1.77. The van der Waals surface area contributed by atoms with Crippen molar-refractivity contribution in [2.45, 2.75) is 45.0 Å². The summed E-state index contributed by atoms with van der Waals surface area (Å²) in [6.45, 7) is 9.22. The summed E-state index contributed by atoms with van der Waals surface area (Å²) in [6, 6.07) is 4.13. The van der Waals surface area contributed by atoms with Gasteiger partial charge in [0.25, 0.3) is 0 Å². The Morgan fingerprint density at radius 3 is 2.38 bits per heavy atom. The fourth-order valence-electron chi connectivity index (χ4n) is 1.82. The minimum Gasteiger partial charge on any atom is -0.370 e. The summed E-state index contributed by atoms with van der Waals surface area (Å²) in [4.78, 5) is 13.5. The largest absolute Gasteiger partial charge is 0.370 e. The second-order valence-corrected chi connectivity index (χ2v) is 6.01. The maximum absolute atomic E-state index is 4.53. The summed E-state index contributed by atoms with van der Waals surface area (Å²) in [5.41, 5.74) is 4.47. The monoisotopic (exact) mass is 302 g/mol. The van der Waals surface area contributed by atoms with Gasteiger partial charge in [0.2, 0.25) is 0 Å². The normalized spacial score (nSPS) is 10.7. The number of aromatic nitrogens is 3. The Balaban J connectivity index is 1.96. The SMILES string of the molecule is CCCNc1ccc(CSc2nc(C)c(C)c(C)n2)cn1. The lowest BCUT2D eigenvalue weighted by Gasteiger charge is -2.07. The van der Waals surface area contributed by atoms with Crippen molar-refractivity contribution in [1.29, 1.82) is 0 Å². The van der Waals surface area contributed by atoms with Crippen LogP contribution >= 0.6 is 11.8 Å². The molecule has 0 saturated carbocycles. The predicted molar refractivity (Wildman–Crippen MR) is 88.8 cm³/mol. The Labute approximate surface area is 130 Å². The smallest absolute Gasteiger partial charge is 0.188 e. The van der Waals surface area contributed by atoms with Crippen LogP contribution in [0.3, 0.4) is 0 Å². The van der Waals surface area contributed by atoms with Crippen LogP contribution in [0.5, 0.6) is 0 Å². The van der Waals surface area contributed by atoms with Gasteiger partial charge in [0.1, 0.15) is 5.82 Å². The van der Waals surface area contributed by atoms with Crippen molar-refractivity contribution < 1.29 is 0 Å². The van der Waals surface area contributed by atoms with E-state index < -0.39 is 0 Å². The topological polar surface area (TPSA) is 50.7 Å². The molecule has 2 heterocycles. The first-order valence-electron chi connectivity index (χ1n) is 7.23. The third-order valence-corrected chi connectivity index (χ3v) is 4.28. The van der Waals surface area contributed by atoms with Crippen LogP contribution in [0.25, 0.3) is 0 Å². The highest BCUT2D eigenvalue weighted by Gasteiger charge is 2.05. The number of nitrogens with zero attached hydrogens (tertiary/aromatic N) is 3. The fraction of sp³-hybridized carbons (Fsp3) is 0.438. The number of anilines is 1. The van der Waals surface area contributed by atoms with Crippen LogP contribution in [0.2, 0.25) is 0 Å². The van der Waals surface area contributed by atoms with E-state index in [0.717, 1.165) is 41.1 Å². The second-order valence-electron chi connectivity index (χ2n) is 5.07. The number of hydrogen-bond acceptors (Lipinski definition) is 5. The highest BCUT2D eigenvalue weighted by atomic mass is 32.2. The molecule has 0 fully saturated rings. The number of nitrogens with one attached hydrogen (secondary N) is 1. The van der Waals surface area contributed by atoms with E-state index in [1.54, 1.807) is 11.8 Å². The van der Waals surface area contributed by atoms with Crippen LogP contribution in [0.15, 0.2) is 23.5 Å². The first-order chi connectivity index (χ1) is 10.1. The van der Waals surface area contributed by atoms with E-state index in [0.29, 0.717) is 0 Å². The van der Waals surface area contributed by atoms with Crippen molar-refractivity contribution in [3.63, 3.8) is 0 Å². The quantitative estimate of drug-likeness (QED) is 0.647. The molecule has 0 saturated heterocycles. The van der Waals surface area contributed by atoms with E-state index in [1.165, 1.54) is 11.1 Å². The molecule has 2 aromatic rings. The van der Waals surface area contributed by atoms with Gasteiger partial charge in [-0.2, -0.15) is 0 Å². The Morgan fingerprint density at radius 1 is 1.10 bits per heavy atom. The van der Waals surface area contributed by atoms with Crippen molar-refractivity contribution >= 4 is 17.6 Å². The van der Waals surface area contributed by atoms with Gasteiger partial charge in [-0.1, -0.05) is 24.8 Å². The molecule has 1 N–H and O–H groups in total. The average molecular weight is 302 g/mol. The number of hydrogen-bond donors (Lipinski definition) is 1. The van der Waals surface area contributed by atoms with E-state index in [4.69, 9.17) is 0 Å². The molecule has 21 heavy (non-hydrogen) atoms.